The first-order valence-corrected chi connectivity index (χ1v) is 5.02. The second-order valence-corrected chi connectivity index (χ2v) is 3.47. The number of amides is 1. The van der Waals surface area contributed by atoms with E-state index in [2.05, 4.69) is 9.47 Å². The Labute approximate surface area is 109 Å². The van der Waals surface area contributed by atoms with Gasteiger partial charge < -0.3 is 9.47 Å². The Morgan fingerprint density at radius 1 is 1.10 bits per heavy atom. The highest BCUT2D eigenvalue weighted by molar-refractivity contribution is 5.80. The Balaban J connectivity index is 3.22. The number of benzene rings is 1. The van der Waals surface area contributed by atoms with Crippen LogP contribution in [0.1, 0.15) is 0 Å². The summed E-state index contributed by atoms with van der Waals surface area (Å²) in [6.45, 7) is -0.525. The highest BCUT2D eigenvalue weighted by Gasteiger charge is 2.30. The number of hydrazine groups is 1. The van der Waals surface area contributed by atoms with Crippen molar-refractivity contribution >= 4 is 5.91 Å². The number of rotatable bonds is 5. The topological polar surface area (TPSA) is 73.6 Å². The Bertz CT molecular complexity index is 497. The Hall–Kier alpha value is -1.94. The Morgan fingerprint density at radius 2 is 1.55 bits per heavy atom. The molecule has 112 valence electrons. The Kier molecular flexibility index (Phi) is 5.22. The fourth-order valence-electron chi connectivity index (χ4n) is 1.24. The smallest absolute Gasteiger partial charge is 0.277 e. The summed E-state index contributed by atoms with van der Waals surface area (Å²) in [5.74, 6) is -9.00. The minimum Gasteiger partial charge on any atom is -0.472 e. The maximum absolute atomic E-state index is 13.3. The maximum Gasteiger partial charge on any atom is 0.277 e. The lowest BCUT2D eigenvalue weighted by Crippen LogP contribution is -2.44. The molecule has 0 radical (unpaired) electrons. The zero-order valence-electron chi connectivity index (χ0n) is 9.98. The van der Waals surface area contributed by atoms with Crippen molar-refractivity contribution in [2.75, 3.05) is 13.7 Å². The summed E-state index contributed by atoms with van der Waals surface area (Å²) in [6, 6.07) is 0. The van der Waals surface area contributed by atoms with Crippen LogP contribution >= 0.6 is 0 Å². The average molecular weight is 300 g/mol. The second-order valence-electron chi connectivity index (χ2n) is 3.47. The minimum atomic E-state index is -2.33. The normalized spacial score (nSPS) is 12.2. The van der Waals surface area contributed by atoms with Gasteiger partial charge in [-0.05, 0) is 0 Å². The van der Waals surface area contributed by atoms with Crippen LogP contribution in [-0.4, -0.2) is 25.7 Å². The molecule has 1 aromatic carbocycles. The van der Waals surface area contributed by atoms with E-state index in [0.717, 1.165) is 7.11 Å². The molecule has 5 nitrogen and oxygen atoms in total. The number of methoxy groups -OCH3 is 1. The second kappa shape index (κ2) is 6.48. The van der Waals surface area contributed by atoms with Gasteiger partial charge in [-0.15, -0.1) is 0 Å². The SMILES string of the molecule is COCC(Oc1c(F)c(F)c(F)c(F)c1F)C(=O)NN. The molecule has 1 atom stereocenters. The van der Waals surface area contributed by atoms with E-state index in [0.29, 0.717) is 0 Å². The van der Waals surface area contributed by atoms with Gasteiger partial charge in [0.05, 0.1) is 6.61 Å². The molecule has 3 N–H and O–H groups in total. The lowest BCUT2D eigenvalue weighted by atomic mass is 10.2. The van der Waals surface area contributed by atoms with E-state index < -0.39 is 53.5 Å². The third-order valence-electron chi connectivity index (χ3n) is 2.18. The molecule has 10 heteroatoms. The predicted octanol–water partition coefficient (Wildman–Crippen LogP) is 0.766. The van der Waals surface area contributed by atoms with E-state index in [1.54, 1.807) is 5.43 Å². The zero-order chi connectivity index (χ0) is 15.4. The minimum absolute atomic E-state index is 0.525. The van der Waals surface area contributed by atoms with Crippen LogP contribution in [0.3, 0.4) is 0 Å². The lowest BCUT2D eigenvalue weighted by molar-refractivity contribution is -0.130. The summed E-state index contributed by atoms with van der Waals surface area (Å²) < 4.78 is 74.3. The Morgan fingerprint density at radius 3 is 1.95 bits per heavy atom. The summed E-state index contributed by atoms with van der Waals surface area (Å²) in [5.41, 5.74) is 1.60. The number of halogens is 5. The third-order valence-corrected chi connectivity index (χ3v) is 2.18. The first kappa shape index (κ1) is 16.1. The van der Waals surface area contributed by atoms with Crippen molar-refractivity contribution in [1.29, 1.82) is 0 Å². The summed E-state index contributed by atoms with van der Waals surface area (Å²) >= 11 is 0. The molecular weight excluding hydrogens is 291 g/mol. The largest absolute Gasteiger partial charge is 0.472 e. The van der Waals surface area contributed by atoms with Crippen molar-refractivity contribution in [2.24, 2.45) is 5.84 Å². The maximum atomic E-state index is 13.3. The van der Waals surface area contributed by atoms with Gasteiger partial charge >= 0.3 is 0 Å². The van der Waals surface area contributed by atoms with Crippen LogP contribution in [0.2, 0.25) is 0 Å². The number of hydrogen-bond acceptors (Lipinski definition) is 4. The van der Waals surface area contributed by atoms with E-state index in [9.17, 15) is 26.7 Å². The summed E-state index contributed by atoms with van der Waals surface area (Å²) in [7, 11) is 1.12. The van der Waals surface area contributed by atoms with Crippen LogP contribution in [0.15, 0.2) is 0 Å². The van der Waals surface area contributed by atoms with Gasteiger partial charge in [-0.25, -0.2) is 19.0 Å². The molecule has 0 saturated carbocycles. The molecular formula is C10H9F5N2O3. The standard InChI is InChI=1S/C10H9F5N2O3/c1-19-2-3(10(18)17-16)20-9-7(14)5(12)4(11)6(13)8(9)15/h3H,2,16H2,1H3,(H,17,18). The van der Waals surface area contributed by atoms with Crippen LogP contribution in [-0.2, 0) is 9.53 Å². The average Bonchev–Trinajstić information content (AvgIpc) is 2.45. The van der Waals surface area contributed by atoms with Crippen LogP contribution in [0.5, 0.6) is 5.75 Å². The van der Waals surface area contributed by atoms with Gasteiger partial charge in [-0.3, -0.25) is 10.2 Å². The van der Waals surface area contributed by atoms with Crippen molar-refractivity contribution in [2.45, 2.75) is 6.10 Å². The van der Waals surface area contributed by atoms with E-state index in [-0.39, 0.29) is 0 Å². The molecule has 0 aliphatic carbocycles. The molecule has 1 amide bonds. The van der Waals surface area contributed by atoms with Gasteiger partial charge in [0.15, 0.2) is 5.75 Å². The quantitative estimate of drug-likeness (QED) is 0.210. The van der Waals surface area contributed by atoms with Crippen molar-refractivity contribution in [3.63, 3.8) is 0 Å². The lowest BCUT2D eigenvalue weighted by Gasteiger charge is -2.18. The van der Waals surface area contributed by atoms with Gasteiger partial charge in [0, 0.05) is 7.11 Å². The fraction of sp³-hybridized carbons (Fsp3) is 0.300. The number of hydrogen-bond donors (Lipinski definition) is 2. The van der Waals surface area contributed by atoms with Crippen LogP contribution in [0, 0.1) is 29.1 Å². The number of carbonyl (C=O) groups excluding carboxylic acids is 1. The van der Waals surface area contributed by atoms with Crippen molar-refractivity contribution in [1.82, 2.24) is 5.43 Å². The molecule has 0 heterocycles. The van der Waals surface area contributed by atoms with Gasteiger partial charge in [-0.2, -0.15) is 8.78 Å². The van der Waals surface area contributed by atoms with Gasteiger partial charge in [0.2, 0.25) is 35.2 Å². The molecule has 20 heavy (non-hydrogen) atoms. The third kappa shape index (κ3) is 2.96. The molecule has 1 aromatic rings. The number of carbonyl (C=O) groups is 1. The molecule has 1 rings (SSSR count). The summed E-state index contributed by atoms with van der Waals surface area (Å²) in [6.07, 6.45) is -1.70. The highest BCUT2D eigenvalue weighted by Crippen LogP contribution is 2.29. The van der Waals surface area contributed by atoms with Gasteiger partial charge in [-0.1, -0.05) is 0 Å². The fourth-order valence-corrected chi connectivity index (χ4v) is 1.24. The van der Waals surface area contributed by atoms with Crippen molar-refractivity contribution < 1.29 is 36.2 Å². The molecule has 0 aromatic heterocycles. The molecule has 0 aliphatic rings. The predicted molar refractivity (Wildman–Crippen MR) is 54.9 cm³/mol. The number of ether oxygens (including phenoxy) is 2. The first-order chi connectivity index (χ1) is 9.34. The van der Waals surface area contributed by atoms with E-state index >= 15 is 0 Å². The zero-order valence-corrected chi connectivity index (χ0v) is 9.98. The number of nitrogens with two attached hydrogens (primary N) is 1. The van der Waals surface area contributed by atoms with E-state index in [1.807, 2.05) is 0 Å². The highest BCUT2D eigenvalue weighted by atomic mass is 19.2. The monoisotopic (exact) mass is 300 g/mol. The summed E-state index contributed by atoms with van der Waals surface area (Å²) in [5, 5.41) is 0. The van der Waals surface area contributed by atoms with Gasteiger partial charge in [0.25, 0.3) is 5.91 Å². The molecule has 0 saturated heterocycles. The van der Waals surface area contributed by atoms with Gasteiger partial charge in [0.1, 0.15) is 0 Å². The van der Waals surface area contributed by atoms with Crippen LogP contribution in [0.25, 0.3) is 0 Å². The first-order valence-electron chi connectivity index (χ1n) is 5.02. The molecule has 0 spiro atoms. The van der Waals surface area contributed by atoms with Crippen LogP contribution in [0.4, 0.5) is 22.0 Å². The molecule has 0 fully saturated rings. The van der Waals surface area contributed by atoms with E-state index in [1.165, 1.54) is 0 Å². The van der Waals surface area contributed by atoms with Crippen LogP contribution < -0.4 is 16.0 Å². The van der Waals surface area contributed by atoms with Crippen molar-refractivity contribution in [3.8, 4) is 5.75 Å². The van der Waals surface area contributed by atoms with E-state index in [4.69, 9.17) is 5.84 Å². The molecule has 1 unspecified atom stereocenters. The molecule has 0 bridgehead atoms. The number of nitrogens with one attached hydrogen (secondary N) is 1. The summed E-state index contributed by atoms with van der Waals surface area (Å²) in [4.78, 5) is 11.2. The van der Waals surface area contributed by atoms with Crippen molar-refractivity contribution in [3.05, 3.63) is 29.1 Å². The molecule has 0 aliphatic heterocycles.